The number of hydrogen-bond acceptors (Lipinski definition) is 8. The van der Waals surface area contributed by atoms with Crippen molar-refractivity contribution in [3.05, 3.63) is 0 Å². The van der Waals surface area contributed by atoms with Crippen LogP contribution in [0.2, 0.25) is 0 Å². The third-order valence-corrected chi connectivity index (χ3v) is 5.64. The van der Waals surface area contributed by atoms with Crippen molar-refractivity contribution in [2.45, 2.75) is 58.5 Å². The molecule has 2 aliphatic rings. The Balaban J connectivity index is 1.86. The van der Waals surface area contributed by atoms with E-state index in [0.717, 1.165) is 0 Å². The molecule has 2 fully saturated rings. The lowest BCUT2D eigenvalue weighted by Gasteiger charge is -2.48. The first kappa shape index (κ1) is 18.0. The molecule has 2 rings (SSSR count). The van der Waals surface area contributed by atoms with Gasteiger partial charge in [0.05, 0.1) is 11.8 Å². The zero-order valence-electron chi connectivity index (χ0n) is 24.6. The maximum atomic E-state index is 13.0. The number of amides is 4. The SMILES string of the molecule is [2H]C([2H])([2H])N1CC(C(C)(C)C(=O)NCCC(=O)NCCC(=O)ON2C(=O)CCC2=O)N(C([2H])([2H])[2H])CC1C. The lowest BCUT2D eigenvalue weighted by atomic mass is 9.80. The normalized spacial score (nSPS) is 26.3. The van der Waals surface area contributed by atoms with Gasteiger partial charge in [-0.15, -0.1) is 5.06 Å². The summed E-state index contributed by atoms with van der Waals surface area (Å²) in [6, 6.07) is -1.52. The minimum Gasteiger partial charge on any atom is -0.355 e. The molecule has 0 aromatic carbocycles. The minimum atomic E-state index is -2.55. The standard InChI is InChI=1S/C21H35N5O6/c1-14-12-25(5)15(13-24(14)4)21(2,3)20(31)23-10-8-16(27)22-11-9-19(30)32-26-17(28)6-7-18(26)29/h14-15H,6-13H2,1-5H3,(H,22,27)(H,23,31)/i4D3,5D3. The Morgan fingerprint density at radius 3 is 2.28 bits per heavy atom. The smallest absolute Gasteiger partial charge is 0.334 e. The lowest BCUT2D eigenvalue weighted by molar-refractivity contribution is -0.197. The highest BCUT2D eigenvalue weighted by atomic mass is 16.7. The highest BCUT2D eigenvalue weighted by Crippen LogP contribution is 2.29. The number of likely N-dealkylation sites (N-methyl/N-ethyl adjacent to an activating group) is 2. The summed E-state index contributed by atoms with van der Waals surface area (Å²) in [6.07, 6.45) is -0.492. The quantitative estimate of drug-likeness (QED) is 0.432. The first-order valence-electron chi connectivity index (χ1n) is 13.5. The van der Waals surface area contributed by atoms with Crippen LogP contribution in [-0.2, 0) is 28.8 Å². The van der Waals surface area contributed by atoms with Gasteiger partial charge in [0, 0.05) is 65.7 Å². The molecule has 180 valence electrons. The molecule has 11 heteroatoms. The molecule has 0 radical (unpaired) electrons. The van der Waals surface area contributed by atoms with Gasteiger partial charge < -0.3 is 20.4 Å². The number of hydroxylamine groups is 2. The molecule has 2 unspecified atom stereocenters. The third-order valence-electron chi connectivity index (χ3n) is 5.64. The number of carbonyl (C=O) groups excluding carboxylic acids is 5. The fraction of sp³-hybridized carbons (Fsp3) is 0.762. The van der Waals surface area contributed by atoms with Crippen LogP contribution in [0.4, 0.5) is 0 Å². The average Bonchev–Trinajstić information content (AvgIpc) is 3.09. The summed E-state index contributed by atoms with van der Waals surface area (Å²) in [7, 11) is 0. The van der Waals surface area contributed by atoms with Crippen LogP contribution in [0, 0.1) is 5.41 Å². The fourth-order valence-corrected chi connectivity index (χ4v) is 3.46. The van der Waals surface area contributed by atoms with Crippen LogP contribution < -0.4 is 10.6 Å². The average molecular weight is 460 g/mol. The van der Waals surface area contributed by atoms with Crippen molar-refractivity contribution in [1.82, 2.24) is 25.5 Å². The molecule has 4 amide bonds. The maximum absolute atomic E-state index is 13.0. The summed E-state index contributed by atoms with van der Waals surface area (Å²) >= 11 is 0. The molecule has 2 aliphatic heterocycles. The summed E-state index contributed by atoms with van der Waals surface area (Å²) in [6.45, 7) is -0.771. The summed E-state index contributed by atoms with van der Waals surface area (Å²) < 4.78 is 47.1. The molecule has 2 N–H and O–H groups in total. The van der Waals surface area contributed by atoms with Gasteiger partial charge in [-0.2, -0.15) is 0 Å². The number of rotatable bonds is 9. The van der Waals surface area contributed by atoms with E-state index >= 15 is 0 Å². The summed E-state index contributed by atoms with van der Waals surface area (Å²) in [5.41, 5.74) is -1.32. The van der Waals surface area contributed by atoms with Crippen LogP contribution in [0.5, 0.6) is 0 Å². The van der Waals surface area contributed by atoms with Gasteiger partial charge >= 0.3 is 5.97 Å². The van der Waals surface area contributed by atoms with Gasteiger partial charge in [-0.3, -0.25) is 24.1 Å². The van der Waals surface area contributed by atoms with E-state index in [-0.39, 0.29) is 51.9 Å². The summed E-state index contributed by atoms with van der Waals surface area (Å²) in [4.78, 5) is 66.9. The van der Waals surface area contributed by atoms with E-state index in [1.807, 2.05) is 0 Å². The first-order chi connectivity index (χ1) is 17.4. The van der Waals surface area contributed by atoms with E-state index < -0.39 is 61.0 Å². The highest BCUT2D eigenvalue weighted by Gasteiger charge is 2.42. The number of carbonyl (C=O) groups is 5. The van der Waals surface area contributed by atoms with Crippen LogP contribution in [0.25, 0.3) is 0 Å². The number of imide groups is 1. The van der Waals surface area contributed by atoms with Crippen molar-refractivity contribution in [1.29, 1.82) is 0 Å². The third kappa shape index (κ3) is 6.49. The molecule has 2 heterocycles. The van der Waals surface area contributed by atoms with E-state index in [0.29, 0.717) is 5.06 Å². The first-order valence-corrected chi connectivity index (χ1v) is 10.5. The second kappa shape index (κ2) is 10.9. The van der Waals surface area contributed by atoms with Crippen LogP contribution in [0.3, 0.4) is 0 Å². The van der Waals surface area contributed by atoms with E-state index in [1.54, 1.807) is 6.92 Å². The lowest BCUT2D eigenvalue weighted by Crippen LogP contribution is -2.62. The zero-order chi connectivity index (χ0) is 29.1. The van der Waals surface area contributed by atoms with Gasteiger partial charge in [0.1, 0.15) is 0 Å². The molecule has 0 aromatic rings. The molecule has 0 saturated carbocycles. The number of nitrogens with zero attached hydrogens (tertiary/aromatic N) is 3. The number of nitrogens with one attached hydrogen (secondary N) is 2. The summed E-state index contributed by atoms with van der Waals surface area (Å²) in [5, 5.41) is 5.48. The molecule has 2 saturated heterocycles. The molecule has 0 aliphatic carbocycles. The molecule has 0 aromatic heterocycles. The van der Waals surface area contributed by atoms with Gasteiger partial charge in [-0.25, -0.2) is 4.79 Å². The minimum absolute atomic E-state index is 0.0306. The van der Waals surface area contributed by atoms with Gasteiger partial charge in [0.2, 0.25) is 11.8 Å². The zero-order valence-corrected chi connectivity index (χ0v) is 18.6. The van der Waals surface area contributed by atoms with Crippen LogP contribution >= 0.6 is 0 Å². The van der Waals surface area contributed by atoms with E-state index in [9.17, 15) is 24.0 Å². The second-order valence-corrected chi connectivity index (χ2v) is 8.54. The van der Waals surface area contributed by atoms with Gasteiger partial charge in [-0.1, -0.05) is 0 Å². The monoisotopic (exact) mass is 459 g/mol. The Bertz CT molecular complexity index is 925. The van der Waals surface area contributed by atoms with E-state index in [1.165, 1.54) is 23.6 Å². The van der Waals surface area contributed by atoms with Gasteiger partial charge in [0.25, 0.3) is 11.8 Å². The van der Waals surface area contributed by atoms with Crippen molar-refractivity contribution < 1.29 is 37.0 Å². The predicted octanol–water partition coefficient (Wildman–Crippen LogP) is -0.733. The van der Waals surface area contributed by atoms with E-state index in [4.69, 9.17) is 13.1 Å². The predicted molar refractivity (Wildman–Crippen MR) is 115 cm³/mol. The largest absolute Gasteiger partial charge is 0.355 e. The van der Waals surface area contributed by atoms with Crippen molar-refractivity contribution in [2.24, 2.45) is 5.41 Å². The molecular weight excluding hydrogens is 418 g/mol. The number of piperazine rings is 1. The van der Waals surface area contributed by atoms with Crippen LogP contribution in [-0.4, -0.2) is 96.7 Å². The van der Waals surface area contributed by atoms with Gasteiger partial charge in [-0.05, 0) is 34.7 Å². The number of hydrogen-bond donors (Lipinski definition) is 2. The van der Waals surface area contributed by atoms with Crippen molar-refractivity contribution >= 4 is 29.6 Å². The van der Waals surface area contributed by atoms with Crippen molar-refractivity contribution in [2.75, 3.05) is 40.1 Å². The van der Waals surface area contributed by atoms with Crippen molar-refractivity contribution in [3.8, 4) is 0 Å². The Morgan fingerprint density at radius 2 is 1.66 bits per heavy atom. The molecular formula is C21H35N5O6. The topological polar surface area (TPSA) is 128 Å². The Labute approximate surface area is 197 Å². The van der Waals surface area contributed by atoms with E-state index in [2.05, 4.69) is 10.6 Å². The Morgan fingerprint density at radius 1 is 1.03 bits per heavy atom. The molecule has 11 nitrogen and oxygen atoms in total. The van der Waals surface area contributed by atoms with Crippen molar-refractivity contribution in [3.63, 3.8) is 0 Å². The van der Waals surface area contributed by atoms with Crippen LogP contribution in [0.15, 0.2) is 0 Å². The Hall–Kier alpha value is -2.53. The van der Waals surface area contributed by atoms with Gasteiger partial charge in [0.15, 0.2) is 0 Å². The molecule has 2 atom stereocenters. The second-order valence-electron chi connectivity index (χ2n) is 8.54. The maximum Gasteiger partial charge on any atom is 0.334 e. The molecule has 0 spiro atoms. The molecule has 32 heavy (non-hydrogen) atoms. The molecule has 0 bridgehead atoms. The van der Waals surface area contributed by atoms with Crippen LogP contribution in [0.1, 0.15) is 54.7 Å². The summed E-state index contributed by atoms with van der Waals surface area (Å²) in [5.74, 6) is -3.12. The fourth-order valence-electron chi connectivity index (χ4n) is 3.46. The Kier molecular flexibility index (Phi) is 6.10. The highest BCUT2D eigenvalue weighted by molar-refractivity contribution is 6.01.